The second-order valence-corrected chi connectivity index (χ2v) is 6.87. The van der Waals surface area contributed by atoms with Crippen LogP contribution in [0.4, 0.5) is 5.69 Å². The largest absolute Gasteiger partial charge is 0.497 e. The minimum Gasteiger partial charge on any atom is -0.497 e. The number of allylic oxidation sites excluding steroid dienone is 1. The third kappa shape index (κ3) is 4.89. The van der Waals surface area contributed by atoms with Gasteiger partial charge in [0, 0.05) is 17.5 Å². The lowest BCUT2D eigenvalue weighted by Crippen LogP contribution is -2.69. The highest BCUT2D eigenvalue weighted by molar-refractivity contribution is 6.06. The van der Waals surface area contributed by atoms with Crippen LogP contribution in [-0.4, -0.2) is 37.7 Å². The molecule has 0 bridgehead atoms. The van der Waals surface area contributed by atoms with E-state index in [9.17, 15) is 9.59 Å². The Morgan fingerprint density at radius 2 is 1.83 bits per heavy atom. The maximum Gasteiger partial charge on any atom is 0.332 e. The summed E-state index contributed by atoms with van der Waals surface area (Å²) in [4.78, 5) is 26.4. The van der Waals surface area contributed by atoms with Gasteiger partial charge in [-0.15, -0.1) is 0 Å². The number of carbonyl (C=O) groups is 2. The number of methoxy groups -OCH3 is 1. The smallest absolute Gasteiger partial charge is 0.332 e. The molecule has 0 unspecified atom stereocenters. The van der Waals surface area contributed by atoms with E-state index in [0.717, 1.165) is 17.0 Å². The van der Waals surface area contributed by atoms with Crippen LogP contribution in [0, 0.1) is 0 Å². The van der Waals surface area contributed by atoms with Crippen LogP contribution < -0.4 is 15.0 Å². The highest BCUT2D eigenvalue weighted by Crippen LogP contribution is 2.31. The number of nitrogens with zero attached hydrogens (tertiary/aromatic N) is 1. The normalized spacial score (nSPS) is 18.8. The zero-order chi connectivity index (χ0) is 21.5. The second kappa shape index (κ2) is 9.78. The number of β-lactam (4-membered cyclic amide) rings is 1. The Kier molecular flexibility index (Phi) is 6.91. The van der Waals surface area contributed by atoms with Gasteiger partial charge in [0.1, 0.15) is 11.8 Å². The Balaban J connectivity index is 1.83. The SMILES string of the molecule is CCOC(=O)/C=C(/C)N[C@@H]1C(=O)N(c2ccc(OC)cc2)[C@@H]1/C=C/c1ccccc1. The summed E-state index contributed by atoms with van der Waals surface area (Å²) in [6.07, 6.45) is 5.35. The molecule has 30 heavy (non-hydrogen) atoms. The number of anilines is 1. The molecule has 0 radical (unpaired) electrons. The molecule has 1 saturated heterocycles. The van der Waals surface area contributed by atoms with E-state index in [0.29, 0.717) is 12.3 Å². The fourth-order valence-electron chi connectivity index (χ4n) is 3.32. The van der Waals surface area contributed by atoms with Crippen LogP contribution in [0.3, 0.4) is 0 Å². The van der Waals surface area contributed by atoms with Gasteiger partial charge in [-0.1, -0.05) is 42.5 Å². The molecule has 1 fully saturated rings. The van der Waals surface area contributed by atoms with Crippen molar-refractivity contribution < 1.29 is 19.1 Å². The van der Waals surface area contributed by atoms with E-state index in [1.807, 2.05) is 66.7 Å². The van der Waals surface area contributed by atoms with Gasteiger partial charge >= 0.3 is 5.97 Å². The molecule has 1 aliphatic rings. The van der Waals surface area contributed by atoms with Gasteiger partial charge in [0.15, 0.2) is 0 Å². The summed E-state index contributed by atoms with van der Waals surface area (Å²) < 4.78 is 10.1. The first-order valence-electron chi connectivity index (χ1n) is 9.85. The summed E-state index contributed by atoms with van der Waals surface area (Å²) in [6.45, 7) is 3.80. The molecule has 6 heteroatoms. The molecular weight excluding hydrogens is 380 g/mol. The van der Waals surface area contributed by atoms with Gasteiger partial charge in [0.05, 0.1) is 19.8 Å². The zero-order valence-corrected chi connectivity index (χ0v) is 17.4. The Labute approximate surface area is 176 Å². The van der Waals surface area contributed by atoms with Crippen LogP contribution in [0.1, 0.15) is 19.4 Å². The minimum atomic E-state index is -0.474. The Morgan fingerprint density at radius 3 is 2.47 bits per heavy atom. The molecular formula is C24H26N2O4. The van der Waals surface area contributed by atoms with Gasteiger partial charge in [-0.25, -0.2) is 4.79 Å². The molecule has 1 aliphatic heterocycles. The third-order valence-corrected chi connectivity index (χ3v) is 4.78. The van der Waals surface area contributed by atoms with Gasteiger partial charge in [-0.3, -0.25) is 4.79 Å². The quantitative estimate of drug-likeness (QED) is 0.413. The average molecular weight is 406 g/mol. The first kappa shape index (κ1) is 21.2. The summed E-state index contributed by atoms with van der Waals surface area (Å²) >= 11 is 0. The molecule has 1 heterocycles. The highest BCUT2D eigenvalue weighted by Gasteiger charge is 2.46. The van der Waals surface area contributed by atoms with Gasteiger partial charge in [0.2, 0.25) is 0 Å². The fraction of sp³-hybridized carbons (Fsp3) is 0.250. The van der Waals surface area contributed by atoms with E-state index in [1.54, 1.807) is 25.9 Å². The number of carbonyl (C=O) groups excluding carboxylic acids is 2. The molecule has 0 aromatic heterocycles. The zero-order valence-electron chi connectivity index (χ0n) is 17.4. The van der Waals surface area contributed by atoms with E-state index in [1.165, 1.54) is 6.08 Å². The monoisotopic (exact) mass is 406 g/mol. The van der Waals surface area contributed by atoms with Crippen molar-refractivity contribution in [3.63, 3.8) is 0 Å². The van der Waals surface area contributed by atoms with Gasteiger partial charge < -0.3 is 19.7 Å². The summed E-state index contributed by atoms with van der Waals surface area (Å²) in [5.74, 6) is 0.225. The lowest BCUT2D eigenvalue weighted by molar-refractivity contribution is -0.137. The van der Waals surface area contributed by atoms with Crippen LogP contribution >= 0.6 is 0 Å². The summed E-state index contributed by atoms with van der Waals surface area (Å²) in [7, 11) is 1.60. The van der Waals surface area contributed by atoms with Crippen molar-refractivity contribution in [2.24, 2.45) is 0 Å². The van der Waals surface area contributed by atoms with E-state index in [2.05, 4.69) is 5.32 Å². The van der Waals surface area contributed by atoms with Crippen molar-refractivity contribution in [1.29, 1.82) is 0 Å². The third-order valence-electron chi connectivity index (χ3n) is 4.78. The first-order valence-corrected chi connectivity index (χ1v) is 9.85. The molecule has 1 N–H and O–H groups in total. The molecule has 2 aromatic rings. The maximum absolute atomic E-state index is 12.9. The number of nitrogens with one attached hydrogen (secondary N) is 1. The molecule has 1 amide bonds. The molecule has 156 valence electrons. The molecule has 6 nitrogen and oxygen atoms in total. The number of amides is 1. The first-order chi connectivity index (χ1) is 14.5. The molecule has 0 spiro atoms. The van der Waals surface area contributed by atoms with E-state index >= 15 is 0 Å². The van der Waals surface area contributed by atoms with Gasteiger partial charge in [-0.05, 0) is 43.7 Å². The van der Waals surface area contributed by atoms with Crippen molar-refractivity contribution in [3.05, 3.63) is 78.0 Å². The van der Waals surface area contributed by atoms with Crippen molar-refractivity contribution in [1.82, 2.24) is 5.32 Å². The minimum absolute atomic E-state index is 0.0699. The van der Waals surface area contributed by atoms with E-state index in [4.69, 9.17) is 9.47 Å². The van der Waals surface area contributed by atoms with Crippen molar-refractivity contribution in [2.45, 2.75) is 25.9 Å². The van der Waals surface area contributed by atoms with Crippen molar-refractivity contribution in [2.75, 3.05) is 18.6 Å². The molecule has 0 saturated carbocycles. The van der Waals surface area contributed by atoms with Crippen LogP contribution in [-0.2, 0) is 14.3 Å². The van der Waals surface area contributed by atoms with Crippen LogP contribution in [0.15, 0.2) is 72.4 Å². The lowest BCUT2D eigenvalue weighted by atomic mass is 9.92. The van der Waals surface area contributed by atoms with Crippen molar-refractivity contribution in [3.8, 4) is 5.75 Å². The lowest BCUT2D eigenvalue weighted by Gasteiger charge is -2.46. The summed E-state index contributed by atoms with van der Waals surface area (Å²) in [5, 5.41) is 3.16. The Bertz CT molecular complexity index is 935. The fourth-order valence-corrected chi connectivity index (χ4v) is 3.32. The van der Waals surface area contributed by atoms with Crippen LogP contribution in [0.5, 0.6) is 5.75 Å². The Morgan fingerprint density at radius 1 is 1.13 bits per heavy atom. The number of hydrogen-bond donors (Lipinski definition) is 1. The standard InChI is InChI=1S/C24H26N2O4/c1-4-30-22(27)16-17(2)25-23-21(15-10-18-8-6-5-7-9-18)26(24(23)28)19-11-13-20(29-3)14-12-19/h5-16,21,23,25H,4H2,1-3H3/b15-10+,17-16-/t21-,23+/m1/s1. The van der Waals surface area contributed by atoms with E-state index < -0.39 is 12.0 Å². The Hall–Kier alpha value is -3.54. The van der Waals surface area contributed by atoms with Gasteiger partial charge in [0.25, 0.3) is 5.91 Å². The number of ether oxygens (including phenoxy) is 2. The van der Waals surface area contributed by atoms with Crippen molar-refractivity contribution >= 4 is 23.6 Å². The number of hydrogen-bond acceptors (Lipinski definition) is 5. The van der Waals surface area contributed by atoms with Crippen LogP contribution in [0.25, 0.3) is 6.08 Å². The summed E-state index contributed by atoms with van der Waals surface area (Å²) in [6, 6.07) is 16.6. The summed E-state index contributed by atoms with van der Waals surface area (Å²) in [5.41, 5.74) is 2.41. The molecule has 2 atom stereocenters. The average Bonchev–Trinajstić information content (AvgIpc) is 2.76. The molecule has 3 rings (SSSR count). The van der Waals surface area contributed by atoms with Crippen LogP contribution in [0.2, 0.25) is 0 Å². The maximum atomic E-state index is 12.9. The molecule has 2 aromatic carbocycles. The molecule has 0 aliphatic carbocycles. The number of esters is 1. The number of benzene rings is 2. The predicted octanol–water partition coefficient (Wildman–Crippen LogP) is 3.55. The highest BCUT2D eigenvalue weighted by atomic mass is 16.5. The topological polar surface area (TPSA) is 67.9 Å². The van der Waals surface area contributed by atoms with Gasteiger partial charge in [-0.2, -0.15) is 0 Å². The second-order valence-electron chi connectivity index (χ2n) is 6.87. The predicted molar refractivity (Wildman–Crippen MR) is 117 cm³/mol. The number of rotatable bonds is 8. The van der Waals surface area contributed by atoms with E-state index in [-0.39, 0.29) is 11.9 Å².